The lowest BCUT2D eigenvalue weighted by atomic mass is 9.96. The van der Waals surface area contributed by atoms with Crippen LogP contribution >= 0.6 is 0 Å². The van der Waals surface area contributed by atoms with Gasteiger partial charge in [-0.05, 0) is 49.6 Å². The molecular weight excluding hydrogens is 403 g/mol. The van der Waals surface area contributed by atoms with Gasteiger partial charge in [-0.1, -0.05) is 25.3 Å². The number of nitrogens with one attached hydrogen (secondary N) is 2. The van der Waals surface area contributed by atoms with Gasteiger partial charge in [0.05, 0.1) is 11.3 Å². The fourth-order valence-electron chi connectivity index (χ4n) is 3.75. The molecule has 0 atom stereocenters. The van der Waals surface area contributed by atoms with Crippen molar-refractivity contribution >= 4 is 17.5 Å². The van der Waals surface area contributed by atoms with Crippen LogP contribution < -0.4 is 10.6 Å². The van der Waals surface area contributed by atoms with E-state index in [9.17, 15) is 13.2 Å². The van der Waals surface area contributed by atoms with E-state index >= 15 is 0 Å². The zero-order valence-electron chi connectivity index (χ0n) is 17.2. The molecule has 1 saturated carbocycles. The van der Waals surface area contributed by atoms with Gasteiger partial charge in [0.2, 0.25) is 5.95 Å². The molecule has 5 nitrogen and oxygen atoms in total. The average Bonchev–Trinajstić information content (AvgIpc) is 2.76. The molecule has 162 valence electrons. The second-order valence-corrected chi connectivity index (χ2v) is 7.83. The summed E-state index contributed by atoms with van der Waals surface area (Å²) in [6, 6.07) is 9.36. The predicted molar refractivity (Wildman–Crippen MR) is 115 cm³/mol. The normalized spacial score (nSPS) is 15.0. The third-order valence-corrected chi connectivity index (χ3v) is 5.47. The molecule has 2 aromatic heterocycles. The Balaban J connectivity index is 1.68. The third-order valence-electron chi connectivity index (χ3n) is 5.47. The van der Waals surface area contributed by atoms with Crippen LogP contribution in [0.15, 0.2) is 48.8 Å². The highest BCUT2D eigenvalue weighted by molar-refractivity contribution is 5.68. The molecule has 8 heteroatoms. The molecule has 1 aliphatic rings. The molecule has 0 bridgehead atoms. The maximum absolute atomic E-state index is 13.2. The van der Waals surface area contributed by atoms with Gasteiger partial charge in [-0.25, -0.2) is 4.98 Å². The molecule has 1 aliphatic carbocycles. The molecule has 1 aromatic carbocycles. The van der Waals surface area contributed by atoms with Crippen molar-refractivity contribution in [2.24, 2.45) is 0 Å². The summed E-state index contributed by atoms with van der Waals surface area (Å²) in [4.78, 5) is 13.2. The molecule has 2 heterocycles. The van der Waals surface area contributed by atoms with E-state index < -0.39 is 11.7 Å². The summed E-state index contributed by atoms with van der Waals surface area (Å²) in [5, 5.41) is 6.48. The van der Waals surface area contributed by atoms with E-state index in [4.69, 9.17) is 0 Å². The number of alkyl halides is 3. The molecule has 1 fully saturated rings. The Morgan fingerprint density at radius 3 is 2.39 bits per heavy atom. The highest BCUT2D eigenvalue weighted by atomic mass is 19.4. The number of aryl methyl sites for hydroxylation is 1. The zero-order chi connectivity index (χ0) is 21.8. The number of hydrogen-bond acceptors (Lipinski definition) is 5. The number of anilines is 3. The highest BCUT2D eigenvalue weighted by Crippen LogP contribution is 2.33. The Hall–Kier alpha value is -3.16. The number of aromatic nitrogens is 3. The highest BCUT2D eigenvalue weighted by Gasteiger charge is 2.30. The fraction of sp³-hybridized carbons (Fsp3) is 0.348. The molecule has 0 saturated heterocycles. The number of pyridine rings is 1. The Morgan fingerprint density at radius 1 is 0.935 bits per heavy atom. The van der Waals surface area contributed by atoms with Crippen molar-refractivity contribution in [1.29, 1.82) is 0 Å². The number of benzene rings is 1. The number of halogens is 3. The minimum atomic E-state index is -4.41. The minimum absolute atomic E-state index is 0.296. The largest absolute Gasteiger partial charge is 0.416 e. The summed E-state index contributed by atoms with van der Waals surface area (Å²) in [5.41, 5.74) is 1.87. The van der Waals surface area contributed by atoms with Gasteiger partial charge in [0.15, 0.2) is 0 Å². The maximum Gasteiger partial charge on any atom is 0.416 e. The second-order valence-electron chi connectivity index (χ2n) is 7.83. The summed E-state index contributed by atoms with van der Waals surface area (Å²) in [6.07, 6.45) is 4.61. The Kier molecular flexibility index (Phi) is 6.06. The summed E-state index contributed by atoms with van der Waals surface area (Å²) >= 11 is 0. The molecular formula is C23H24F3N5. The Morgan fingerprint density at radius 2 is 1.68 bits per heavy atom. The number of hydrogen-bond donors (Lipinski definition) is 2. The van der Waals surface area contributed by atoms with E-state index in [1.54, 1.807) is 25.4 Å². The van der Waals surface area contributed by atoms with Crippen molar-refractivity contribution in [3.8, 4) is 11.3 Å². The van der Waals surface area contributed by atoms with Gasteiger partial charge in [-0.3, -0.25) is 4.98 Å². The third kappa shape index (κ3) is 5.31. The molecule has 31 heavy (non-hydrogen) atoms. The molecule has 0 radical (unpaired) electrons. The van der Waals surface area contributed by atoms with Crippen molar-refractivity contribution in [2.75, 3.05) is 10.6 Å². The first-order chi connectivity index (χ1) is 14.9. The van der Waals surface area contributed by atoms with Crippen LogP contribution in [0.2, 0.25) is 0 Å². The van der Waals surface area contributed by atoms with E-state index in [1.165, 1.54) is 12.5 Å². The molecule has 4 rings (SSSR count). The summed E-state index contributed by atoms with van der Waals surface area (Å²) in [6.45, 7) is 1.76. The topological polar surface area (TPSA) is 62.7 Å². The van der Waals surface area contributed by atoms with E-state index in [1.807, 2.05) is 12.1 Å². The predicted octanol–water partition coefficient (Wildman–Crippen LogP) is 6.35. The van der Waals surface area contributed by atoms with Crippen molar-refractivity contribution in [3.63, 3.8) is 0 Å². The van der Waals surface area contributed by atoms with Gasteiger partial charge in [-0.2, -0.15) is 18.2 Å². The minimum Gasteiger partial charge on any atom is -0.351 e. The van der Waals surface area contributed by atoms with E-state index in [2.05, 4.69) is 25.6 Å². The Labute approximate surface area is 179 Å². The fourth-order valence-corrected chi connectivity index (χ4v) is 3.75. The zero-order valence-corrected chi connectivity index (χ0v) is 17.2. The van der Waals surface area contributed by atoms with E-state index in [0.717, 1.165) is 43.4 Å². The molecule has 0 unspecified atom stereocenters. The van der Waals surface area contributed by atoms with Crippen molar-refractivity contribution in [1.82, 2.24) is 15.0 Å². The molecule has 0 aliphatic heterocycles. The van der Waals surface area contributed by atoms with Crippen molar-refractivity contribution in [3.05, 3.63) is 59.9 Å². The molecule has 0 amide bonds. The first-order valence-corrected chi connectivity index (χ1v) is 10.4. The number of nitrogens with zero attached hydrogens (tertiary/aromatic N) is 3. The van der Waals surface area contributed by atoms with Crippen LogP contribution in [0.1, 0.15) is 43.2 Å². The van der Waals surface area contributed by atoms with Crippen LogP contribution in [0.4, 0.5) is 30.6 Å². The van der Waals surface area contributed by atoms with Crippen LogP contribution in [0.25, 0.3) is 11.3 Å². The number of rotatable bonds is 5. The van der Waals surface area contributed by atoms with Gasteiger partial charge >= 0.3 is 6.18 Å². The maximum atomic E-state index is 13.2. The van der Waals surface area contributed by atoms with E-state index in [-0.39, 0.29) is 0 Å². The summed E-state index contributed by atoms with van der Waals surface area (Å²) < 4.78 is 39.5. The van der Waals surface area contributed by atoms with Gasteiger partial charge in [-0.15, -0.1) is 0 Å². The van der Waals surface area contributed by atoms with Crippen LogP contribution in [0.5, 0.6) is 0 Å². The summed E-state index contributed by atoms with van der Waals surface area (Å²) in [7, 11) is 0. The quantitative estimate of drug-likeness (QED) is 0.496. The lowest BCUT2D eigenvalue weighted by molar-refractivity contribution is -0.137. The van der Waals surface area contributed by atoms with Gasteiger partial charge in [0.1, 0.15) is 5.82 Å². The first-order valence-electron chi connectivity index (χ1n) is 10.4. The van der Waals surface area contributed by atoms with Gasteiger partial charge in [0.25, 0.3) is 0 Å². The van der Waals surface area contributed by atoms with Gasteiger partial charge < -0.3 is 10.6 Å². The molecule has 0 spiro atoms. The lowest BCUT2D eigenvalue weighted by Crippen LogP contribution is -2.23. The SMILES string of the molecule is Cc1ccc(C(F)(F)F)cc1Nc1cc(-c2ccncc2)nc(NC2CCCCC2)n1. The van der Waals surface area contributed by atoms with E-state index in [0.29, 0.717) is 34.8 Å². The first kappa shape index (κ1) is 21.1. The summed E-state index contributed by atoms with van der Waals surface area (Å²) in [5.74, 6) is 0.899. The standard InChI is InChI=1S/C23H24F3N5/c1-15-7-8-17(23(24,25)26)13-19(15)29-21-14-20(16-9-11-27-12-10-16)30-22(31-21)28-18-5-3-2-4-6-18/h7-14,18H,2-6H2,1H3,(H2,28,29,30,31). The van der Waals surface area contributed by atoms with Crippen LogP contribution in [-0.4, -0.2) is 21.0 Å². The second kappa shape index (κ2) is 8.91. The van der Waals surface area contributed by atoms with Crippen molar-refractivity contribution < 1.29 is 13.2 Å². The van der Waals surface area contributed by atoms with Crippen molar-refractivity contribution in [2.45, 2.75) is 51.2 Å². The van der Waals surface area contributed by atoms with Gasteiger partial charge in [0, 0.05) is 35.8 Å². The molecule has 2 N–H and O–H groups in total. The lowest BCUT2D eigenvalue weighted by Gasteiger charge is -2.23. The molecule has 3 aromatic rings. The van der Waals surface area contributed by atoms with Crippen LogP contribution in [0.3, 0.4) is 0 Å². The Bertz CT molecular complexity index is 1030. The van der Waals surface area contributed by atoms with Crippen LogP contribution in [0, 0.1) is 6.92 Å². The average molecular weight is 427 g/mol. The monoisotopic (exact) mass is 427 g/mol. The smallest absolute Gasteiger partial charge is 0.351 e. The van der Waals surface area contributed by atoms with Crippen LogP contribution in [-0.2, 0) is 6.18 Å².